The van der Waals surface area contributed by atoms with Crippen LogP contribution in [0.5, 0.6) is 0 Å². The molecule has 2 aromatic rings. The fourth-order valence-corrected chi connectivity index (χ4v) is 6.25. The molecule has 3 fully saturated rings. The summed E-state index contributed by atoms with van der Waals surface area (Å²) >= 11 is 0. The molecule has 1 spiro atoms. The van der Waals surface area contributed by atoms with Crippen molar-refractivity contribution in [2.45, 2.75) is 37.8 Å². The molecule has 4 aliphatic rings. The first kappa shape index (κ1) is 17.7. The van der Waals surface area contributed by atoms with E-state index in [2.05, 4.69) is 33.8 Å². The van der Waals surface area contributed by atoms with Gasteiger partial charge in [-0.15, -0.1) is 0 Å². The van der Waals surface area contributed by atoms with Crippen molar-refractivity contribution in [2.75, 3.05) is 26.3 Å². The number of piperidine rings is 1. The highest BCUT2D eigenvalue weighted by molar-refractivity contribution is 5.79. The predicted molar refractivity (Wildman–Crippen MR) is 107 cm³/mol. The highest BCUT2D eigenvalue weighted by Gasteiger charge is 2.58. The Morgan fingerprint density at radius 3 is 2.83 bits per heavy atom. The normalized spacial score (nSPS) is 32.1. The van der Waals surface area contributed by atoms with E-state index in [0.29, 0.717) is 13.2 Å². The molecule has 6 heteroatoms. The van der Waals surface area contributed by atoms with Crippen LogP contribution in [0, 0.1) is 17.3 Å². The molecule has 4 heterocycles. The number of rotatable bonds is 2. The van der Waals surface area contributed by atoms with Gasteiger partial charge in [0.25, 0.3) is 0 Å². The van der Waals surface area contributed by atoms with Crippen molar-refractivity contribution >= 4 is 5.91 Å². The van der Waals surface area contributed by atoms with Gasteiger partial charge in [0.1, 0.15) is 0 Å². The quantitative estimate of drug-likeness (QED) is 0.851. The summed E-state index contributed by atoms with van der Waals surface area (Å²) in [6.07, 6.45) is 7.16. The first-order valence-electron chi connectivity index (χ1n) is 10.8. The first-order chi connectivity index (χ1) is 14.2. The van der Waals surface area contributed by atoms with Gasteiger partial charge in [-0.3, -0.25) is 4.79 Å². The number of aromatic nitrogens is 2. The number of carbonyl (C=O) groups excluding carboxylic acids is 1. The van der Waals surface area contributed by atoms with Crippen molar-refractivity contribution in [2.24, 2.45) is 17.3 Å². The third-order valence-electron chi connectivity index (χ3n) is 7.95. The maximum atomic E-state index is 12.7. The molecule has 1 aromatic carbocycles. The molecule has 1 aromatic heterocycles. The van der Waals surface area contributed by atoms with E-state index in [-0.39, 0.29) is 35.3 Å². The number of hydrogen-bond acceptors (Lipinski definition) is 4. The number of aliphatic hydroxyl groups excluding tert-OH is 1. The Morgan fingerprint density at radius 1 is 1.24 bits per heavy atom. The fraction of sp³-hybridized carbons (Fsp3) is 0.565. The SMILES string of the molecule is O=C(C1CCOC1)N1CCC2(CC1)CC(C1c3ccccc3-c3cncn31)C2O. The molecule has 1 aliphatic carbocycles. The fourth-order valence-electron chi connectivity index (χ4n) is 6.25. The summed E-state index contributed by atoms with van der Waals surface area (Å²) in [6, 6.07) is 8.67. The van der Waals surface area contributed by atoms with Crippen LogP contribution in [0.3, 0.4) is 0 Å². The van der Waals surface area contributed by atoms with Crippen LogP contribution in [0.2, 0.25) is 0 Å². The van der Waals surface area contributed by atoms with Gasteiger partial charge >= 0.3 is 0 Å². The van der Waals surface area contributed by atoms with Crippen LogP contribution >= 0.6 is 0 Å². The van der Waals surface area contributed by atoms with Crippen LogP contribution in [-0.4, -0.2) is 57.9 Å². The lowest BCUT2D eigenvalue weighted by atomic mass is 9.53. The number of amides is 1. The van der Waals surface area contributed by atoms with Crippen molar-refractivity contribution in [1.29, 1.82) is 0 Å². The van der Waals surface area contributed by atoms with Crippen LogP contribution in [-0.2, 0) is 9.53 Å². The summed E-state index contributed by atoms with van der Waals surface area (Å²) in [7, 11) is 0. The molecule has 29 heavy (non-hydrogen) atoms. The zero-order valence-corrected chi connectivity index (χ0v) is 16.5. The van der Waals surface area contributed by atoms with Crippen molar-refractivity contribution in [3.63, 3.8) is 0 Å². The molecule has 1 amide bonds. The van der Waals surface area contributed by atoms with E-state index in [1.807, 2.05) is 17.4 Å². The van der Waals surface area contributed by atoms with Gasteiger partial charge in [0.2, 0.25) is 5.91 Å². The van der Waals surface area contributed by atoms with Crippen LogP contribution in [0.4, 0.5) is 0 Å². The number of nitrogens with zero attached hydrogens (tertiary/aromatic N) is 3. The molecular formula is C23H27N3O3. The topological polar surface area (TPSA) is 67.6 Å². The van der Waals surface area contributed by atoms with Gasteiger partial charge in [-0.25, -0.2) is 4.98 Å². The molecule has 2 saturated heterocycles. The average Bonchev–Trinajstić information content (AvgIpc) is 3.50. The Hall–Kier alpha value is -2.18. The Labute approximate surface area is 170 Å². The minimum atomic E-state index is -0.332. The Bertz CT molecular complexity index is 940. The zero-order chi connectivity index (χ0) is 19.6. The summed E-state index contributed by atoms with van der Waals surface area (Å²) < 4.78 is 7.63. The largest absolute Gasteiger partial charge is 0.392 e. The highest BCUT2D eigenvalue weighted by Crippen LogP contribution is 2.59. The highest BCUT2D eigenvalue weighted by atomic mass is 16.5. The first-order valence-corrected chi connectivity index (χ1v) is 10.8. The van der Waals surface area contributed by atoms with E-state index in [1.54, 1.807) is 0 Å². The molecular weight excluding hydrogens is 366 g/mol. The molecule has 6 nitrogen and oxygen atoms in total. The lowest BCUT2D eigenvalue weighted by molar-refractivity contribution is -0.166. The third kappa shape index (κ3) is 2.48. The number of benzene rings is 1. The van der Waals surface area contributed by atoms with Crippen molar-refractivity contribution < 1.29 is 14.6 Å². The molecule has 4 atom stereocenters. The van der Waals surface area contributed by atoms with Crippen LogP contribution in [0.25, 0.3) is 11.3 Å². The molecule has 1 N–H and O–H groups in total. The Kier molecular flexibility index (Phi) is 3.90. The van der Waals surface area contributed by atoms with Gasteiger partial charge in [-0.05, 0) is 31.2 Å². The summed E-state index contributed by atoms with van der Waals surface area (Å²) in [5.41, 5.74) is 3.66. The van der Waals surface area contributed by atoms with E-state index in [4.69, 9.17) is 4.74 Å². The van der Waals surface area contributed by atoms with Crippen molar-refractivity contribution in [3.8, 4) is 11.3 Å². The minimum Gasteiger partial charge on any atom is -0.392 e. The molecule has 0 bridgehead atoms. The maximum absolute atomic E-state index is 12.7. The van der Waals surface area contributed by atoms with Gasteiger partial charge in [0, 0.05) is 36.6 Å². The number of fused-ring (bicyclic) bond motifs is 3. The Morgan fingerprint density at radius 2 is 2.07 bits per heavy atom. The lowest BCUT2D eigenvalue weighted by Crippen LogP contribution is -2.60. The van der Waals surface area contributed by atoms with Crippen LogP contribution < -0.4 is 0 Å². The number of imidazole rings is 1. The molecule has 152 valence electrons. The summed E-state index contributed by atoms with van der Waals surface area (Å²) in [4.78, 5) is 19.1. The predicted octanol–water partition coefficient (Wildman–Crippen LogP) is 2.48. The molecule has 4 unspecified atom stereocenters. The summed E-state index contributed by atoms with van der Waals surface area (Å²) in [5.74, 6) is 0.491. The van der Waals surface area contributed by atoms with Crippen LogP contribution in [0.15, 0.2) is 36.8 Å². The van der Waals surface area contributed by atoms with Gasteiger partial charge in [-0.1, -0.05) is 24.3 Å². The zero-order valence-electron chi connectivity index (χ0n) is 16.5. The number of aliphatic hydroxyl groups is 1. The Balaban J connectivity index is 1.18. The van der Waals surface area contributed by atoms with Gasteiger partial charge in [0.15, 0.2) is 0 Å². The second kappa shape index (κ2) is 6.41. The van der Waals surface area contributed by atoms with E-state index in [9.17, 15) is 9.90 Å². The van der Waals surface area contributed by atoms with E-state index in [1.165, 1.54) is 11.1 Å². The summed E-state index contributed by atoms with van der Waals surface area (Å²) in [5, 5.41) is 11.3. The smallest absolute Gasteiger partial charge is 0.228 e. The van der Waals surface area contributed by atoms with Gasteiger partial charge in [-0.2, -0.15) is 0 Å². The maximum Gasteiger partial charge on any atom is 0.228 e. The number of carbonyl (C=O) groups is 1. The van der Waals surface area contributed by atoms with E-state index < -0.39 is 0 Å². The van der Waals surface area contributed by atoms with Crippen molar-refractivity contribution in [3.05, 3.63) is 42.4 Å². The average molecular weight is 393 g/mol. The number of likely N-dealkylation sites (tertiary alicyclic amines) is 1. The van der Waals surface area contributed by atoms with E-state index >= 15 is 0 Å². The third-order valence-corrected chi connectivity index (χ3v) is 7.95. The number of ether oxygens (including phenoxy) is 1. The van der Waals surface area contributed by atoms with Crippen LogP contribution in [0.1, 0.15) is 37.3 Å². The summed E-state index contributed by atoms with van der Waals surface area (Å²) in [6.45, 7) is 2.79. The lowest BCUT2D eigenvalue weighted by Gasteiger charge is -2.58. The molecule has 1 saturated carbocycles. The van der Waals surface area contributed by atoms with Gasteiger partial charge < -0.3 is 19.3 Å². The van der Waals surface area contributed by atoms with Crippen molar-refractivity contribution in [1.82, 2.24) is 14.5 Å². The monoisotopic (exact) mass is 393 g/mol. The molecule has 0 radical (unpaired) electrons. The number of hydrogen-bond donors (Lipinski definition) is 1. The minimum absolute atomic E-state index is 0.0358. The molecule has 3 aliphatic heterocycles. The standard InChI is InChI=1S/C23H27N3O3/c27-21-18(20-17-4-2-1-3-16(17)19-12-24-14-26(19)20)11-23(21)6-8-25(9-7-23)22(28)15-5-10-29-13-15/h1-4,12,14-15,18,20-21,27H,5-11,13H2. The second-order valence-corrected chi connectivity index (χ2v) is 9.28. The van der Waals surface area contributed by atoms with E-state index in [0.717, 1.165) is 44.5 Å². The molecule has 6 rings (SSSR count). The second-order valence-electron chi connectivity index (χ2n) is 9.28. The van der Waals surface area contributed by atoms with Gasteiger partial charge in [0.05, 0.1) is 42.9 Å².